The van der Waals surface area contributed by atoms with E-state index in [-0.39, 0.29) is 23.2 Å². The van der Waals surface area contributed by atoms with Crippen molar-refractivity contribution >= 4 is 17.5 Å². The van der Waals surface area contributed by atoms with Gasteiger partial charge in [0.05, 0.1) is 39.2 Å². The monoisotopic (exact) mass is 512 g/mol. The Labute approximate surface area is 214 Å². The average Bonchev–Trinajstić information content (AvgIpc) is 3.44. The fraction of sp³-hybridized carbons (Fsp3) is 0.385. The van der Waals surface area contributed by atoms with Crippen LogP contribution >= 0.6 is 11.6 Å². The maximum atomic E-state index is 13.6. The van der Waals surface area contributed by atoms with Gasteiger partial charge in [-0.15, -0.1) is 0 Å². The van der Waals surface area contributed by atoms with Crippen molar-refractivity contribution in [3.63, 3.8) is 0 Å². The largest absolute Gasteiger partial charge is 0.502 e. The van der Waals surface area contributed by atoms with Gasteiger partial charge in [-0.2, -0.15) is 5.10 Å². The van der Waals surface area contributed by atoms with E-state index in [0.717, 1.165) is 56.0 Å². The molecule has 0 saturated carbocycles. The Morgan fingerprint density at radius 3 is 2.42 bits per heavy atom. The third kappa shape index (κ3) is 4.50. The molecule has 190 valence electrons. The molecule has 10 heteroatoms. The first-order valence-electron chi connectivity index (χ1n) is 11.9. The molecule has 1 amide bonds. The number of benzene rings is 2. The zero-order chi connectivity index (χ0) is 25.2. The van der Waals surface area contributed by atoms with Crippen LogP contribution < -0.4 is 9.47 Å². The van der Waals surface area contributed by atoms with Crippen molar-refractivity contribution in [2.75, 3.05) is 53.6 Å². The number of nitrogens with one attached hydrogen (secondary N) is 1. The first-order valence-corrected chi connectivity index (χ1v) is 12.3. The van der Waals surface area contributed by atoms with Gasteiger partial charge in [-0.25, -0.2) is 0 Å². The van der Waals surface area contributed by atoms with Crippen LogP contribution in [0.5, 0.6) is 17.2 Å². The minimum atomic E-state index is -0.440. The lowest BCUT2D eigenvalue weighted by Gasteiger charge is -2.30. The molecule has 5 rings (SSSR count). The molecule has 9 nitrogen and oxygen atoms in total. The molecule has 0 radical (unpaired) electrons. The van der Waals surface area contributed by atoms with Crippen LogP contribution in [0.4, 0.5) is 0 Å². The Kier molecular flexibility index (Phi) is 7.04. The van der Waals surface area contributed by atoms with Gasteiger partial charge < -0.3 is 24.2 Å². The minimum absolute atomic E-state index is 0.0858. The van der Waals surface area contributed by atoms with Gasteiger partial charge in [0, 0.05) is 42.3 Å². The molecule has 3 aromatic rings. The van der Waals surface area contributed by atoms with E-state index in [4.69, 9.17) is 25.8 Å². The number of ether oxygens (including phenoxy) is 3. The van der Waals surface area contributed by atoms with E-state index in [1.165, 1.54) is 14.2 Å². The molecule has 2 aliphatic rings. The molecule has 1 atom stereocenters. The number of halogens is 1. The third-order valence-electron chi connectivity index (χ3n) is 6.78. The summed E-state index contributed by atoms with van der Waals surface area (Å²) >= 11 is 6.11. The van der Waals surface area contributed by atoms with Gasteiger partial charge in [0.1, 0.15) is 5.69 Å². The van der Waals surface area contributed by atoms with Crippen molar-refractivity contribution in [3.8, 4) is 28.5 Å². The van der Waals surface area contributed by atoms with Crippen LogP contribution in [0, 0.1) is 0 Å². The van der Waals surface area contributed by atoms with Crippen LogP contribution in [0.2, 0.25) is 5.02 Å². The predicted octanol–water partition coefficient (Wildman–Crippen LogP) is 3.72. The van der Waals surface area contributed by atoms with E-state index >= 15 is 0 Å². The first kappa shape index (κ1) is 24.4. The van der Waals surface area contributed by atoms with Crippen LogP contribution in [0.1, 0.15) is 34.1 Å². The number of aromatic nitrogens is 2. The van der Waals surface area contributed by atoms with Gasteiger partial charge in [-0.1, -0.05) is 23.7 Å². The van der Waals surface area contributed by atoms with Gasteiger partial charge in [0.15, 0.2) is 11.5 Å². The number of aromatic amines is 1. The van der Waals surface area contributed by atoms with Crippen LogP contribution in [0.3, 0.4) is 0 Å². The summed E-state index contributed by atoms with van der Waals surface area (Å²) < 4.78 is 16.3. The molecule has 0 bridgehead atoms. The Hall–Kier alpha value is -3.27. The lowest BCUT2D eigenvalue weighted by molar-refractivity contribution is 0.0354. The van der Waals surface area contributed by atoms with Gasteiger partial charge in [-0.05, 0) is 36.2 Å². The third-order valence-corrected chi connectivity index (χ3v) is 7.03. The Morgan fingerprint density at radius 2 is 1.78 bits per heavy atom. The fourth-order valence-electron chi connectivity index (χ4n) is 4.96. The smallest absolute Gasteiger partial charge is 0.273 e. The molecule has 1 fully saturated rings. The average molecular weight is 513 g/mol. The zero-order valence-electron chi connectivity index (χ0n) is 20.3. The molecule has 1 saturated heterocycles. The summed E-state index contributed by atoms with van der Waals surface area (Å²) in [6.45, 7) is 4.69. The van der Waals surface area contributed by atoms with E-state index in [0.29, 0.717) is 23.0 Å². The number of fused-ring (bicyclic) bond motifs is 1. The normalized spacial score (nSPS) is 17.9. The molecule has 0 aliphatic carbocycles. The second kappa shape index (κ2) is 10.4. The number of morpholine rings is 1. The minimum Gasteiger partial charge on any atom is -0.502 e. The van der Waals surface area contributed by atoms with Crippen LogP contribution in [-0.4, -0.2) is 84.6 Å². The molecular formula is C26H29ClN4O5. The number of phenols is 1. The number of methoxy groups -OCH3 is 2. The molecule has 1 aromatic heterocycles. The van der Waals surface area contributed by atoms with E-state index in [2.05, 4.69) is 15.1 Å². The van der Waals surface area contributed by atoms with Gasteiger partial charge in [0.2, 0.25) is 5.75 Å². The SMILES string of the molecule is COc1cc(C2c3c(-c4ccc(Cl)cc4)n[nH]c3C(=O)N2CCCN2CCOCC2)cc(OC)c1O. The summed E-state index contributed by atoms with van der Waals surface area (Å²) in [7, 11) is 2.97. The topological polar surface area (TPSA) is 100 Å². The van der Waals surface area contributed by atoms with Crippen LogP contribution in [0.25, 0.3) is 11.3 Å². The van der Waals surface area contributed by atoms with Crippen molar-refractivity contribution in [1.29, 1.82) is 0 Å². The Balaban J connectivity index is 1.54. The van der Waals surface area contributed by atoms with E-state index in [9.17, 15) is 9.90 Å². The predicted molar refractivity (Wildman–Crippen MR) is 135 cm³/mol. The molecule has 2 N–H and O–H groups in total. The number of rotatable bonds is 8. The number of phenolic OH excluding ortho intramolecular Hbond substituents is 1. The lowest BCUT2D eigenvalue weighted by atomic mass is 9.95. The standard InChI is InChI=1S/C26H29ClN4O5/c1-34-19-14-17(15-20(35-2)25(19)32)24-21-22(16-4-6-18(27)7-5-16)28-29-23(21)26(33)31(24)9-3-8-30-10-12-36-13-11-30/h4-7,14-15,24,32H,3,8-13H2,1-2H3,(H,28,29). The molecule has 3 heterocycles. The Morgan fingerprint density at radius 1 is 1.11 bits per heavy atom. The second-order valence-corrected chi connectivity index (χ2v) is 9.29. The number of amides is 1. The van der Waals surface area contributed by atoms with Crippen LogP contribution in [-0.2, 0) is 4.74 Å². The van der Waals surface area contributed by atoms with Crippen LogP contribution in [0.15, 0.2) is 36.4 Å². The summed E-state index contributed by atoms with van der Waals surface area (Å²) in [5, 5.41) is 18.6. The molecule has 36 heavy (non-hydrogen) atoms. The summed E-state index contributed by atoms with van der Waals surface area (Å²) in [5.74, 6) is 0.345. The maximum absolute atomic E-state index is 13.6. The number of carbonyl (C=O) groups excluding carboxylic acids is 1. The number of H-pyrrole nitrogens is 1. The van der Waals surface area contributed by atoms with Gasteiger partial charge in [-0.3, -0.25) is 14.8 Å². The number of hydrogen-bond donors (Lipinski definition) is 2. The van der Waals surface area contributed by atoms with Crippen molar-refractivity contribution in [2.45, 2.75) is 12.5 Å². The number of hydrogen-bond acceptors (Lipinski definition) is 7. The van der Waals surface area contributed by atoms with Crippen molar-refractivity contribution in [2.24, 2.45) is 0 Å². The highest BCUT2D eigenvalue weighted by Gasteiger charge is 2.42. The summed E-state index contributed by atoms with van der Waals surface area (Å²) in [6, 6.07) is 10.4. The van der Waals surface area contributed by atoms with Crippen molar-refractivity contribution in [3.05, 3.63) is 58.2 Å². The molecule has 2 aliphatic heterocycles. The summed E-state index contributed by atoms with van der Waals surface area (Å²) in [4.78, 5) is 17.8. The number of carbonyl (C=O) groups is 1. The highest BCUT2D eigenvalue weighted by Crippen LogP contribution is 2.47. The fourth-order valence-corrected chi connectivity index (χ4v) is 5.09. The molecule has 2 aromatic carbocycles. The molecular weight excluding hydrogens is 484 g/mol. The van der Waals surface area contributed by atoms with E-state index < -0.39 is 6.04 Å². The summed E-state index contributed by atoms with van der Waals surface area (Å²) in [5.41, 5.74) is 3.53. The highest BCUT2D eigenvalue weighted by molar-refractivity contribution is 6.30. The molecule has 1 unspecified atom stereocenters. The van der Waals surface area contributed by atoms with Gasteiger partial charge >= 0.3 is 0 Å². The van der Waals surface area contributed by atoms with Crippen molar-refractivity contribution < 1.29 is 24.1 Å². The zero-order valence-corrected chi connectivity index (χ0v) is 21.0. The second-order valence-electron chi connectivity index (χ2n) is 8.85. The first-order chi connectivity index (χ1) is 17.5. The quantitative estimate of drug-likeness (QED) is 0.474. The van der Waals surface area contributed by atoms with E-state index in [1.807, 2.05) is 17.0 Å². The Bertz CT molecular complexity index is 1210. The maximum Gasteiger partial charge on any atom is 0.273 e. The lowest BCUT2D eigenvalue weighted by Crippen LogP contribution is -2.38. The number of aromatic hydroxyl groups is 1. The summed E-state index contributed by atoms with van der Waals surface area (Å²) in [6.07, 6.45) is 0.808. The van der Waals surface area contributed by atoms with E-state index in [1.54, 1.807) is 24.3 Å². The van der Waals surface area contributed by atoms with Crippen molar-refractivity contribution in [1.82, 2.24) is 20.0 Å². The number of nitrogens with zero attached hydrogens (tertiary/aromatic N) is 3. The highest BCUT2D eigenvalue weighted by atomic mass is 35.5. The van der Waals surface area contributed by atoms with Gasteiger partial charge in [0.25, 0.3) is 5.91 Å². The molecule has 0 spiro atoms.